The summed E-state index contributed by atoms with van der Waals surface area (Å²) < 4.78 is 13.9. The zero-order chi connectivity index (χ0) is 14.7. The lowest BCUT2D eigenvalue weighted by atomic mass is 10.0. The summed E-state index contributed by atoms with van der Waals surface area (Å²) in [7, 11) is 2.02. The highest BCUT2D eigenvalue weighted by atomic mass is 19.1. The van der Waals surface area contributed by atoms with Gasteiger partial charge in [-0.25, -0.2) is 4.39 Å². The molecule has 1 heterocycles. The molecule has 1 aliphatic heterocycles. The van der Waals surface area contributed by atoms with E-state index in [1.165, 1.54) is 18.1 Å². The van der Waals surface area contributed by atoms with E-state index < -0.39 is 0 Å². The first-order valence-corrected chi connectivity index (χ1v) is 7.50. The molecule has 3 rings (SSSR count). The second-order valence-electron chi connectivity index (χ2n) is 5.69. The maximum atomic E-state index is 13.9. The van der Waals surface area contributed by atoms with Crippen molar-refractivity contribution in [1.29, 1.82) is 0 Å². The number of hydrogen-bond donors (Lipinski definition) is 1. The van der Waals surface area contributed by atoms with Crippen LogP contribution in [0.4, 0.5) is 4.39 Å². The summed E-state index contributed by atoms with van der Waals surface area (Å²) in [5.74, 6) is -0.161. The molecule has 1 fully saturated rings. The second kappa shape index (κ2) is 6.37. The van der Waals surface area contributed by atoms with Crippen LogP contribution < -0.4 is 5.32 Å². The van der Waals surface area contributed by atoms with Crippen LogP contribution in [0.5, 0.6) is 0 Å². The molecule has 0 aliphatic carbocycles. The van der Waals surface area contributed by atoms with Gasteiger partial charge >= 0.3 is 0 Å². The van der Waals surface area contributed by atoms with E-state index in [1.54, 1.807) is 6.07 Å². The molecule has 1 saturated heterocycles. The number of likely N-dealkylation sites (tertiary alicyclic amines) is 1. The molecule has 0 amide bonds. The van der Waals surface area contributed by atoms with E-state index in [2.05, 4.69) is 22.3 Å². The fourth-order valence-electron chi connectivity index (χ4n) is 3.00. The van der Waals surface area contributed by atoms with Crippen molar-refractivity contribution in [3.05, 3.63) is 59.9 Å². The first-order valence-electron chi connectivity index (χ1n) is 7.50. The Kier molecular flexibility index (Phi) is 4.32. The van der Waals surface area contributed by atoms with Crippen molar-refractivity contribution in [2.45, 2.75) is 19.0 Å². The van der Waals surface area contributed by atoms with E-state index in [9.17, 15) is 4.39 Å². The molecule has 110 valence electrons. The first-order chi connectivity index (χ1) is 10.3. The van der Waals surface area contributed by atoms with E-state index in [4.69, 9.17) is 0 Å². The summed E-state index contributed by atoms with van der Waals surface area (Å²) in [6.07, 6.45) is 1.20. The molecular formula is C18H21FN2. The van der Waals surface area contributed by atoms with Crippen LogP contribution in [0.1, 0.15) is 12.0 Å². The van der Waals surface area contributed by atoms with Crippen molar-refractivity contribution in [1.82, 2.24) is 10.2 Å². The SMILES string of the molecule is CNC1CCN(Cc2cccc(-c3ccccc3F)c2)C1. The van der Waals surface area contributed by atoms with Crippen molar-refractivity contribution in [3.63, 3.8) is 0 Å². The van der Waals surface area contributed by atoms with Crippen LogP contribution in [-0.4, -0.2) is 31.1 Å². The summed E-state index contributed by atoms with van der Waals surface area (Å²) in [5, 5.41) is 3.33. The minimum absolute atomic E-state index is 0.161. The summed E-state index contributed by atoms with van der Waals surface area (Å²) in [6.45, 7) is 3.14. The average molecular weight is 284 g/mol. The molecule has 3 heteroatoms. The maximum absolute atomic E-state index is 13.9. The van der Waals surface area contributed by atoms with Crippen molar-refractivity contribution < 1.29 is 4.39 Å². The van der Waals surface area contributed by atoms with Gasteiger partial charge in [0.15, 0.2) is 0 Å². The zero-order valence-electron chi connectivity index (χ0n) is 12.3. The van der Waals surface area contributed by atoms with E-state index in [-0.39, 0.29) is 5.82 Å². The highest BCUT2D eigenvalue weighted by Gasteiger charge is 2.20. The first kappa shape index (κ1) is 14.2. The Morgan fingerprint density at radius 2 is 2.05 bits per heavy atom. The molecule has 0 bridgehead atoms. The summed E-state index contributed by atoms with van der Waals surface area (Å²) >= 11 is 0. The van der Waals surface area contributed by atoms with Gasteiger partial charge in [-0.15, -0.1) is 0 Å². The number of benzene rings is 2. The Bertz CT molecular complexity index is 612. The number of nitrogens with zero attached hydrogens (tertiary/aromatic N) is 1. The van der Waals surface area contributed by atoms with Crippen LogP contribution in [0, 0.1) is 5.82 Å². The highest BCUT2D eigenvalue weighted by molar-refractivity contribution is 5.64. The third-order valence-electron chi connectivity index (χ3n) is 4.20. The van der Waals surface area contributed by atoms with Gasteiger partial charge in [-0.2, -0.15) is 0 Å². The molecule has 1 aliphatic rings. The van der Waals surface area contributed by atoms with Crippen LogP contribution >= 0.6 is 0 Å². The Labute approximate surface area is 125 Å². The summed E-state index contributed by atoms with van der Waals surface area (Å²) in [4.78, 5) is 2.45. The topological polar surface area (TPSA) is 15.3 Å². The molecule has 1 unspecified atom stereocenters. The Morgan fingerprint density at radius 1 is 1.19 bits per heavy atom. The van der Waals surface area contributed by atoms with Crippen molar-refractivity contribution in [2.75, 3.05) is 20.1 Å². The number of halogens is 1. The van der Waals surface area contributed by atoms with E-state index in [0.29, 0.717) is 11.6 Å². The number of likely N-dealkylation sites (N-methyl/N-ethyl adjacent to an activating group) is 1. The molecule has 0 radical (unpaired) electrons. The fourth-order valence-corrected chi connectivity index (χ4v) is 3.00. The minimum Gasteiger partial charge on any atom is -0.316 e. The second-order valence-corrected chi connectivity index (χ2v) is 5.69. The van der Waals surface area contributed by atoms with E-state index in [1.807, 2.05) is 31.3 Å². The third kappa shape index (κ3) is 3.31. The van der Waals surface area contributed by atoms with Crippen molar-refractivity contribution in [3.8, 4) is 11.1 Å². The zero-order valence-corrected chi connectivity index (χ0v) is 12.3. The van der Waals surface area contributed by atoms with Crippen LogP contribution in [0.25, 0.3) is 11.1 Å². The normalized spacial score (nSPS) is 19.0. The smallest absolute Gasteiger partial charge is 0.131 e. The predicted octanol–water partition coefficient (Wildman–Crippen LogP) is 3.29. The Balaban J connectivity index is 1.76. The number of rotatable bonds is 4. The van der Waals surface area contributed by atoms with Gasteiger partial charge in [-0.3, -0.25) is 4.90 Å². The average Bonchev–Trinajstić information content (AvgIpc) is 2.96. The largest absolute Gasteiger partial charge is 0.316 e. The van der Waals surface area contributed by atoms with Gasteiger partial charge in [0.25, 0.3) is 0 Å². The summed E-state index contributed by atoms with van der Waals surface area (Å²) in [6, 6.07) is 15.8. The van der Waals surface area contributed by atoms with Gasteiger partial charge in [0.1, 0.15) is 5.82 Å². The van der Waals surface area contributed by atoms with Crippen molar-refractivity contribution >= 4 is 0 Å². The minimum atomic E-state index is -0.161. The lowest BCUT2D eigenvalue weighted by Crippen LogP contribution is -2.29. The van der Waals surface area contributed by atoms with Crippen LogP contribution in [0.2, 0.25) is 0 Å². The molecule has 0 spiro atoms. The van der Waals surface area contributed by atoms with Crippen LogP contribution in [-0.2, 0) is 6.54 Å². The monoisotopic (exact) mass is 284 g/mol. The van der Waals surface area contributed by atoms with Crippen molar-refractivity contribution in [2.24, 2.45) is 0 Å². The van der Waals surface area contributed by atoms with E-state index in [0.717, 1.165) is 25.2 Å². The molecule has 2 aromatic carbocycles. The molecule has 21 heavy (non-hydrogen) atoms. The fraction of sp³-hybridized carbons (Fsp3) is 0.333. The lowest BCUT2D eigenvalue weighted by Gasteiger charge is -2.16. The molecule has 0 aromatic heterocycles. The standard InChI is InChI=1S/C18H21FN2/c1-20-16-9-10-21(13-16)12-14-5-4-6-15(11-14)17-7-2-3-8-18(17)19/h2-8,11,16,20H,9-10,12-13H2,1H3. The Morgan fingerprint density at radius 3 is 2.81 bits per heavy atom. The Hall–Kier alpha value is -1.71. The molecule has 0 saturated carbocycles. The van der Waals surface area contributed by atoms with Gasteiger partial charge in [0.2, 0.25) is 0 Å². The quantitative estimate of drug-likeness (QED) is 0.927. The molecule has 1 atom stereocenters. The molecular weight excluding hydrogens is 263 g/mol. The van der Waals surface area contributed by atoms with Gasteiger partial charge < -0.3 is 5.32 Å². The highest BCUT2D eigenvalue weighted by Crippen LogP contribution is 2.24. The van der Waals surface area contributed by atoms with E-state index >= 15 is 0 Å². The van der Waals surface area contributed by atoms with Gasteiger partial charge in [0.05, 0.1) is 0 Å². The number of nitrogens with one attached hydrogen (secondary N) is 1. The molecule has 1 N–H and O–H groups in total. The van der Waals surface area contributed by atoms with Gasteiger partial charge in [0, 0.05) is 31.2 Å². The predicted molar refractivity (Wildman–Crippen MR) is 84.6 cm³/mol. The molecule has 2 nitrogen and oxygen atoms in total. The van der Waals surface area contributed by atoms with Crippen LogP contribution in [0.15, 0.2) is 48.5 Å². The van der Waals surface area contributed by atoms with Gasteiger partial charge in [-0.1, -0.05) is 36.4 Å². The third-order valence-corrected chi connectivity index (χ3v) is 4.20. The lowest BCUT2D eigenvalue weighted by molar-refractivity contribution is 0.322. The summed E-state index contributed by atoms with van der Waals surface area (Å²) in [5.41, 5.74) is 2.87. The van der Waals surface area contributed by atoms with Crippen LogP contribution in [0.3, 0.4) is 0 Å². The van der Waals surface area contributed by atoms with Gasteiger partial charge in [-0.05, 0) is 36.7 Å². The maximum Gasteiger partial charge on any atom is 0.131 e. The molecule has 2 aromatic rings. The number of hydrogen-bond acceptors (Lipinski definition) is 2.